The van der Waals surface area contributed by atoms with Gasteiger partial charge in [-0.3, -0.25) is 9.59 Å². The van der Waals surface area contributed by atoms with Gasteiger partial charge in [0, 0.05) is 38.0 Å². The van der Waals surface area contributed by atoms with E-state index >= 15 is 0 Å². The summed E-state index contributed by atoms with van der Waals surface area (Å²) in [7, 11) is 0. The van der Waals surface area contributed by atoms with Crippen molar-refractivity contribution in [1.29, 1.82) is 0 Å². The van der Waals surface area contributed by atoms with Crippen molar-refractivity contribution >= 4 is 11.7 Å². The summed E-state index contributed by atoms with van der Waals surface area (Å²) in [5.41, 5.74) is 0.976. The lowest BCUT2D eigenvalue weighted by molar-refractivity contribution is -0.141. The van der Waals surface area contributed by atoms with Gasteiger partial charge < -0.3 is 14.7 Å². The van der Waals surface area contributed by atoms with Crippen LogP contribution in [0.25, 0.3) is 0 Å². The first-order valence-corrected chi connectivity index (χ1v) is 15.7. The fourth-order valence-electron chi connectivity index (χ4n) is 6.31. The largest absolute Gasteiger partial charge is 0.389 e. The van der Waals surface area contributed by atoms with E-state index in [-0.39, 0.29) is 35.5 Å². The molecular formula is C34H53NO4. The van der Waals surface area contributed by atoms with Gasteiger partial charge in [-0.15, -0.1) is 0 Å². The molecule has 2 fully saturated rings. The van der Waals surface area contributed by atoms with Gasteiger partial charge in [-0.05, 0) is 63.9 Å². The van der Waals surface area contributed by atoms with Crippen molar-refractivity contribution < 1.29 is 19.4 Å². The number of nitrogens with zero attached hydrogens (tertiary/aromatic N) is 1. The van der Waals surface area contributed by atoms with E-state index in [2.05, 4.69) is 43.9 Å². The van der Waals surface area contributed by atoms with E-state index in [9.17, 15) is 14.7 Å². The number of Topliss-reactive ketones (excluding diaryl/α,β-unsaturated/α-hetero) is 1. The lowest BCUT2D eigenvalue weighted by Gasteiger charge is -2.41. The van der Waals surface area contributed by atoms with Crippen molar-refractivity contribution in [3.8, 4) is 0 Å². The molecule has 5 heteroatoms. The van der Waals surface area contributed by atoms with E-state index in [0.717, 1.165) is 77.0 Å². The van der Waals surface area contributed by atoms with Crippen LogP contribution in [-0.2, 0) is 20.9 Å². The van der Waals surface area contributed by atoms with Gasteiger partial charge in [-0.2, -0.15) is 0 Å². The molecule has 3 rings (SSSR count). The number of ether oxygens (including phenoxy) is 1. The van der Waals surface area contributed by atoms with Crippen LogP contribution in [0.15, 0.2) is 42.5 Å². The fraction of sp³-hybridized carbons (Fsp3) is 0.706. The molecule has 2 aliphatic rings. The third-order valence-electron chi connectivity index (χ3n) is 8.62. The van der Waals surface area contributed by atoms with E-state index in [4.69, 9.17) is 4.74 Å². The van der Waals surface area contributed by atoms with Crippen LogP contribution >= 0.6 is 0 Å². The SMILES string of the molecule is CCCCC[C@H](O)/C=C/[C@H]1CCC(=O)[C@@H]1CCCCCCC(=O)N(Cc1ccccc1)[C@H]1CCOC(C)(C)C1. The Kier molecular flexibility index (Phi) is 13.2. The zero-order chi connectivity index (χ0) is 28.1. The molecule has 1 aromatic rings. The highest BCUT2D eigenvalue weighted by atomic mass is 16.5. The first-order chi connectivity index (χ1) is 18.8. The molecule has 1 aromatic carbocycles. The van der Waals surface area contributed by atoms with E-state index in [1.165, 1.54) is 5.56 Å². The quantitative estimate of drug-likeness (QED) is 0.175. The summed E-state index contributed by atoms with van der Waals surface area (Å²) >= 11 is 0. The Balaban J connectivity index is 1.42. The molecule has 1 saturated heterocycles. The first kappa shape index (κ1) is 31.5. The highest BCUT2D eigenvalue weighted by Gasteiger charge is 2.34. The van der Waals surface area contributed by atoms with Gasteiger partial charge in [0.25, 0.3) is 0 Å². The van der Waals surface area contributed by atoms with Crippen molar-refractivity contribution in [3.63, 3.8) is 0 Å². The number of benzene rings is 1. The number of ketones is 1. The molecule has 0 aromatic heterocycles. The van der Waals surface area contributed by atoms with Gasteiger partial charge in [-0.1, -0.05) is 87.9 Å². The topological polar surface area (TPSA) is 66.8 Å². The van der Waals surface area contributed by atoms with Crippen molar-refractivity contribution in [2.45, 2.75) is 135 Å². The molecular weight excluding hydrogens is 486 g/mol. The second-order valence-corrected chi connectivity index (χ2v) is 12.4. The maximum atomic E-state index is 13.4. The van der Waals surface area contributed by atoms with Crippen LogP contribution in [0.2, 0.25) is 0 Å². The third-order valence-corrected chi connectivity index (χ3v) is 8.62. The van der Waals surface area contributed by atoms with Gasteiger partial charge in [-0.25, -0.2) is 0 Å². The summed E-state index contributed by atoms with van der Waals surface area (Å²) in [6.07, 6.45) is 16.6. The van der Waals surface area contributed by atoms with Gasteiger partial charge in [0.1, 0.15) is 5.78 Å². The minimum absolute atomic E-state index is 0.101. The van der Waals surface area contributed by atoms with Crippen LogP contribution in [0, 0.1) is 11.8 Å². The maximum Gasteiger partial charge on any atom is 0.223 e. The average Bonchev–Trinajstić information content (AvgIpc) is 3.27. The zero-order valence-corrected chi connectivity index (χ0v) is 24.8. The van der Waals surface area contributed by atoms with E-state index < -0.39 is 0 Å². The van der Waals surface area contributed by atoms with Gasteiger partial charge in [0.05, 0.1) is 11.7 Å². The van der Waals surface area contributed by atoms with Gasteiger partial charge >= 0.3 is 0 Å². The van der Waals surface area contributed by atoms with E-state index in [1.807, 2.05) is 24.3 Å². The molecule has 218 valence electrons. The minimum atomic E-state index is -0.390. The molecule has 0 spiro atoms. The second kappa shape index (κ2) is 16.3. The second-order valence-electron chi connectivity index (χ2n) is 12.4. The van der Waals surface area contributed by atoms with Crippen LogP contribution in [-0.4, -0.2) is 46.1 Å². The van der Waals surface area contributed by atoms with Crippen LogP contribution in [0.5, 0.6) is 0 Å². The number of hydrogen-bond donors (Lipinski definition) is 1. The smallest absolute Gasteiger partial charge is 0.223 e. The van der Waals surface area contributed by atoms with Gasteiger partial charge in [0.2, 0.25) is 5.91 Å². The van der Waals surface area contributed by atoms with Crippen molar-refractivity contribution in [3.05, 3.63) is 48.0 Å². The molecule has 0 unspecified atom stereocenters. The molecule has 1 N–H and O–H groups in total. The number of amides is 1. The van der Waals surface area contributed by atoms with Crippen LogP contribution in [0.1, 0.15) is 116 Å². The van der Waals surface area contributed by atoms with E-state index in [1.54, 1.807) is 0 Å². The third kappa shape index (κ3) is 10.8. The normalized spacial score (nSPS) is 23.8. The number of allylic oxidation sites excluding steroid dienone is 1. The van der Waals surface area contributed by atoms with Crippen LogP contribution in [0.4, 0.5) is 0 Å². The Morgan fingerprint density at radius 3 is 2.62 bits per heavy atom. The van der Waals surface area contributed by atoms with Crippen molar-refractivity contribution in [1.82, 2.24) is 4.90 Å². The molecule has 1 saturated carbocycles. The van der Waals surface area contributed by atoms with Crippen LogP contribution < -0.4 is 0 Å². The number of aliphatic hydroxyl groups is 1. The molecule has 0 radical (unpaired) electrons. The zero-order valence-electron chi connectivity index (χ0n) is 24.8. The molecule has 1 heterocycles. The Morgan fingerprint density at radius 1 is 1.10 bits per heavy atom. The lowest BCUT2D eigenvalue weighted by atomic mass is 9.89. The Hall–Kier alpha value is -1.98. The highest BCUT2D eigenvalue weighted by Crippen LogP contribution is 2.34. The molecule has 1 amide bonds. The first-order valence-electron chi connectivity index (χ1n) is 15.7. The monoisotopic (exact) mass is 539 g/mol. The molecule has 5 nitrogen and oxygen atoms in total. The molecule has 4 atom stereocenters. The molecule has 39 heavy (non-hydrogen) atoms. The Labute approximate surface area is 237 Å². The summed E-state index contributed by atoms with van der Waals surface area (Å²) < 4.78 is 5.93. The molecule has 0 bridgehead atoms. The lowest BCUT2D eigenvalue weighted by Crippen LogP contribution is -2.48. The number of rotatable bonds is 16. The van der Waals surface area contributed by atoms with Crippen molar-refractivity contribution in [2.75, 3.05) is 6.61 Å². The number of hydrogen-bond acceptors (Lipinski definition) is 4. The fourth-order valence-corrected chi connectivity index (χ4v) is 6.31. The predicted molar refractivity (Wildman–Crippen MR) is 158 cm³/mol. The van der Waals surface area contributed by atoms with Crippen LogP contribution in [0.3, 0.4) is 0 Å². The average molecular weight is 540 g/mol. The molecule has 1 aliphatic heterocycles. The highest BCUT2D eigenvalue weighted by molar-refractivity contribution is 5.83. The van der Waals surface area contributed by atoms with E-state index in [0.29, 0.717) is 31.8 Å². The number of carbonyl (C=O) groups is 2. The standard InChI is InChI=1S/C34H53NO4/c1-4-5-9-16-30(36)21-19-28-20-22-32(37)31(28)17-12-6-7-13-18-33(38)35(26-27-14-10-8-11-15-27)29-23-24-39-34(2,3)25-29/h8,10-11,14-15,19,21,28-31,36H,4-7,9,12-13,16-18,20,22-26H2,1-3H3/b21-19+/t28-,29-,30-,31+/m0/s1. The Morgan fingerprint density at radius 2 is 1.87 bits per heavy atom. The predicted octanol–water partition coefficient (Wildman–Crippen LogP) is 7.41. The number of carbonyl (C=O) groups excluding carboxylic acids is 2. The summed E-state index contributed by atoms with van der Waals surface area (Å²) in [6.45, 7) is 7.77. The summed E-state index contributed by atoms with van der Waals surface area (Å²) in [5, 5.41) is 10.2. The summed E-state index contributed by atoms with van der Waals surface area (Å²) in [4.78, 5) is 28.0. The number of unbranched alkanes of at least 4 members (excludes halogenated alkanes) is 5. The summed E-state index contributed by atoms with van der Waals surface area (Å²) in [6, 6.07) is 10.5. The van der Waals surface area contributed by atoms with Gasteiger partial charge in [0.15, 0.2) is 0 Å². The Bertz CT molecular complexity index is 896. The number of aliphatic hydroxyl groups excluding tert-OH is 1. The minimum Gasteiger partial charge on any atom is -0.389 e. The molecule has 1 aliphatic carbocycles. The van der Waals surface area contributed by atoms with Crippen molar-refractivity contribution in [2.24, 2.45) is 11.8 Å². The summed E-state index contributed by atoms with van der Waals surface area (Å²) in [5.74, 6) is 1.01. The maximum absolute atomic E-state index is 13.4.